The highest BCUT2D eigenvalue weighted by Gasteiger charge is 2.08. The quantitative estimate of drug-likeness (QED) is 0.828. The maximum atomic E-state index is 11.3. The van der Waals surface area contributed by atoms with Crippen molar-refractivity contribution in [3.63, 3.8) is 0 Å². The van der Waals surface area contributed by atoms with E-state index >= 15 is 0 Å². The number of ether oxygens (including phenoxy) is 1. The fourth-order valence-electron chi connectivity index (χ4n) is 1.93. The predicted octanol–water partition coefficient (Wildman–Crippen LogP) is 2.56. The molecule has 0 fully saturated rings. The first-order valence-electron chi connectivity index (χ1n) is 6.32. The Hall–Kier alpha value is -2.82. The summed E-state index contributed by atoms with van der Waals surface area (Å²) in [4.78, 5) is 23.6. The summed E-state index contributed by atoms with van der Waals surface area (Å²) in [5.74, 6) is -0.304. The second-order valence-corrected chi connectivity index (χ2v) is 4.44. The van der Waals surface area contributed by atoms with Gasteiger partial charge in [-0.1, -0.05) is 18.2 Å². The van der Waals surface area contributed by atoms with Crippen LogP contribution < -0.4 is 9.64 Å². The normalized spacial score (nSPS) is 9.95. The Morgan fingerprint density at radius 2 is 1.95 bits per heavy atom. The summed E-state index contributed by atoms with van der Waals surface area (Å²) in [6, 6.07) is 13.6. The van der Waals surface area contributed by atoms with Gasteiger partial charge in [0.05, 0.1) is 19.2 Å². The average molecular weight is 285 g/mol. The molecule has 0 aliphatic rings. The Morgan fingerprint density at radius 1 is 1.24 bits per heavy atom. The van der Waals surface area contributed by atoms with E-state index in [1.54, 1.807) is 37.4 Å². The number of hydrogen-bond donors (Lipinski definition) is 1. The predicted molar refractivity (Wildman–Crippen MR) is 78.6 cm³/mol. The first-order valence-corrected chi connectivity index (χ1v) is 6.32. The van der Waals surface area contributed by atoms with Gasteiger partial charge in [-0.25, -0.2) is 4.79 Å². The van der Waals surface area contributed by atoms with Crippen LogP contribution in [0.25, 0.3) is 0 Å². The smallest absolute Gasteiger partial charge is 0.335 e. The monoisotopic (exact) mass is 285 g/mol. The molecule has 0 bridgehead atoms. The lowest BCUT2D eigenvalue weighted by molar-refractivity contribution is -0.107. The van der Waals surface area contributed by atoms with Gasteiger partial charge in [-0.05, 0) is 29.8 Å². The highest BCUT2D eigenvalue weighted by molar-refractivity contribution is 5.87. The van der Waals surface area contributed by atoms with Crippen molar-refractivity contribution in [2.45, 2.75) is 6.54 Å². The van der Waals surface area contributed by atoms with Crippen molar-refractivity contribution in [3.05, 3.63) is 59.7 Å². The number of anilines is 1. The van der Waals surface area contributed by atoms with Gasteiger partial charge in [0, 0.05) is 11.8 Å². The molecule has 0 heterocycles. The maximum Gasteiger partial charge on any atom is 0.335 e. The number of carbonyl (C=O) groups is 2. The van der Waals surface area contributed by atoms with Gasteiger partial charge >= 0.3 is 5.97 Å². The highest BCUT2D eigenvalue weighted by atomic mass is 16.5. The summed E-state index contributed by atoms with van der Waals surface area (Å²) in [6.07, 6.45) is 0.736. The van der Waals surface area contributed by atoms with E-state index in [4.69, 9.17) is 9.84 Å². The number of amides is 1. The molecule has 0 saturated carbocycles. The molecule has 21 heavy (non-hydrogen) atoms. The number of rotatable bonds is 6. The van der Waals surface area contributed by atoms with Crippen LogP contribution in [0.4, 0.5) is 5.69 Å². The molecular formula is C16H15NO4. The standard InChI is InChI=1S/C16H15NO4/c1-21-15-4-2-3-14(9-15)17(11-18)10-12-5-7-13(8-6-12)16(19)20/h2-9,11H,10H2,1H3,(H,19,20). The van der Waals surface area contributed by atoms with E-state index in [9.17, 15) is 9.59 Å². The Labute approximate surface area is 122 Å². The summed E-state index contributed by atoms with van der Waals surface area (Å²) in [7, 11) is 1.56. The molecule has 1 amide bonds. The van der Waals surface area contributed by atoms with Crippen molar-refractivity contribution in [2.24, 2.45) is 0 Å². The number of methoxy groups -OCH3 is 1. The number of hydrogen-bond acceptors (Lipinski definition) is 3. The Bertz CT molecular complexity index is 637. The lowest BCUT2D eigenvalue weighted by atomic mass is 10.1. The zero-order valence-electron chi connectivity index (χ0n) is 11.5. The molecule has 0 aliphatic heterocycles. The average Bonchev–Trinajstić information content (AvgIpc) is 2.53. The first kappa shape index (κ1) is 14.6. The molecule has 0 saturated heterocycles. The lowest BCUT2D eigenvalue weighted by Crippen LogP contribution is -2.20. The van der Waals surface area contributed by atoms with Crippen LogP contribution in [-0.2, 0) is 11.3 Å². The maximum absolute atomic E-state index is 11.3. The summed E-state index contributed by atoms with van der Waals surface area (Å²) in [5, 5.41) is 8.86. The minimum atomic E-state index is -0.971. The summed E-state index contributed by atoms with van der Waals surface area (Å²) < 4.78 is 5.13. The van der Waals surface area contributed by atoms with Gasteiger partial charge in [0.15, 0.2) is 0 Å². The van der Waals surface area contributed by atoms with E-state index in [2.05, 4.69) is 0 Å². The fourth-order valence-corrected chi connectivity index (χ4v) is 1.93. The highest BCUT2D eigenvalue weighted by Crippen LogP contribution is 2.21. The largest absolute Gasteiger partial charge is 0.497 e. The van der Waals surface area contributed by atoms with Crippen LogP contribution in [0.1, 0.15) is 15.9 Å². The topological polar surface area (TPSA) is 66.8 Å². The molecule has 5 nitrogen and oxygen atoms in total. The van der Waals surface area contributed by atoms with E-state index in [-0.39, 0.29) is 5.56 Å². The molecule has 0 radical (unpaired) electrons. The Balaban J connectivity index is 2.18. The van der Waals surface area contributed by atoms with Crippen LogP contribution in [0.5, 0.6) is 5.75 Å². The third kappa shape index (κ3) is 3.60. The molecule has 0 spiro atoms. The van der Waals surface area contributed by atoms with E-state index < -0.39 is 5.97 Å². The SMILES string of the molecule is COc1cccc(N(C=O)Cc2ccc(C(=O)O)cc2)c1. The number of carboxylic acid groups (broad SMARTS) is 1. The van der Waals surface area contributed by atoms with E-state index in [0.29, 0.717) is 18.0 Å². The van der Waals surface area contributed by atoms with E-state index in [1.807, 2.05) is 6.07 Å². The molecule has 5 heteroatoms. The first-order chi connectivity index (χ1) is 10.1. The Kier molecular flexibility index (Phi) is 4.56. The van der Waals surface area contributed by atoms with Gasteiger partial charge in [0.2, 0.25) is 6.41 Å². The van der Waals surface area contributed by atoms with Crippen LogP contribution >= 0.6 is 0 Å². The number of benzene rings is 2. The van der Waals surface area contributed by atoms with Crippen LogP contribution in [-0.4, -0.2) is 24.6 Å². The summed E-state index contributed by atoms with van der Waals surface area (Å²) >= 11 is 0. The minimum absolute atomic E-state index is 0.220. The number of nitrogens with zero attached hydrogens (tertiary/aromatic N) is 1. The molecule has 2 aromatic carbocycles. The second-order valence-electron chi connectivity index (χ2n) is 4.44. The zero-order valence-corrected chi connectivity index (χ0v) is 11.5. The van der Waals surface area contributed by atoms with Gasteiger partial charge in [0.1, 0.15) is 5.75 Å². The molecular weight excluding hydrogens is 270 g/mol. The minimum Gasteiger partial charge on any atom is -0.497 e. The van der Waals surface area contributed by atoms with Gasteiger partial charge < -0.3 is 14.7 Å². The second kappa shape index (κ2) is 6.56. The molecule has 2 rings (SSSR count). The molecule has 108 valence electrons. The van der Waals surface area contributed by atoms with Crippen molar-refractivity contribution in [2.75, 3.05) is 12.0 Å². The number of aromatic carboxylic acids is 1. The van der Waals surface area contributed by atoms with Crippen molar-refractivity contribution in [1.29, 1.82) is 0 Å². The third-order valence-corrected chi connectivity index (χ3v) is 3.07. The van der Waals surface area contributed by atoms with Crippen LogP contribution in [0, 0.1) is 0 Å². The van der Waals surface area contributed by atoms with Crippen molar-refractivity contribution in [1.82, 2.24) is 0 Å². The van der Waals surface area contributed by atoms with Crippen LogP contribution in [0.2, 0.25) is 0 Å². The molecule has 0 aliphatic carbocycles. The lowest BCUT2D eigenvalue weighted by Gasteiger charge is -2.18. The molecule has 2 aromatic rings. The molecule has 1 N–H and O–H groups in total. The van der Waals surface area contributed by atoms with Crippen LogP contribution in [0.3, 0.4) is 0 Å². The molecule has 0 aromatic heterocycles. The number of carbonyl (C=O) groups excluding carboxylic acids is 1. The van der Waals surface area contributed by atoms with E-state index in [0.717, 1.165) is 12.0 Å². The van der Waals surface area contributed by atoms with Gasteiger partial charge in [0.25, 0.3) is 0 Å². The molecule has 0 unspecified atom stereocenters. The van der Waals surface area contributed by atoms with Crippen molar-refractivity contribution in [3.8, 4) is 5.75 Å². The summed E-state index contributed by atoms with van der Waals surface area (Å²) in [5.41, 5.74) is 1.78. The van der Waals surface area contributed by atoms with Crippen LogP contribution in [0.15, 0.2) is 48.5 Å². The Morgan fingerprint density at radius 3 is 2.52 bits per heavy atom. The third-order valence-electron chi connectivity index (χ3n) is 3.07. The van der Waals surface area contributed by atoms with E-state index in [1.165, 1.54) is 17.0 Å². The van der Waals surface area contributed by atoms with Crippen molar-refractivity contribution < 1.29 is 19.4 Å². The van der Waals surface area contributed by atoms with Crippen molar-refractivity contribution >= 4 is 18.1 Å². The summed E-state index contributed by atoms with van der Waals surface area (Å²) in [6.45, 7) is 0.358. The van der Waals surface area contributed by atoms with Gasteiger partial charge in [-0.15, -0.1) is 0 Å². The fraction of sp³-hybridized carbons (Fsp3) is 0.125. The van der Waals surface area contributed by atoms with Gasteiger partial charge in [-0.2, -0.15) is 0 Å². The zero-order chi connectivity index (χ0) is 15.2. The van der Waals surface area contributed by atoms with Gasteiger partial charge in [-0.3, -0.25) is 4.79 Å². The number of carboxylic acids is 1. The molecule has 0 atom stereocenters.